The zero-order valence-electron chi connectivity index (χ0n) is 11.2. The highest BCUT2D eigenvalue weighted by Gasteiger charge is 2.36. The number of alkyl halides is 3. The lowest BCUT2D eigenvalue weighted by atomic mass is 10.3. The smallest absolute Gasteiger partial charge is 0.266 e. The molecule has 0 bridgehead atoms. The molecule has 2 rings (SSSR count). The molecule has 0 radical (unpaired) electrons. The van der Waals surface area contributed by atoms with Gasteiger partial charge in [-0.1, -0.05) is 30.7 Å². The summed E-state index contributed by atoms with van der Waals surface area (Å²) >= 11 is 5.94. The van der Waals surface area contributed by atoms with E-state index in [1.807, 2.05) is 0 Å². The molecule has 0 saturated carbocycles. The first-order valence-corrected chi connectivity index (χ1v) is 6.50. The highest BCUT2D eigenvalue weighted by Crippen LogP contribution is 2.33. The molecule has 0 aliphatic rings. The van der Waals surface area contributed by atoms with Crippen LogP contribution in [0.2, 0.25) is 5.02 Å². The van der Waals surface area contributed by atoms with Gasteiger partial charge in [0.2, 0.25) is 0 Å². The van der Waals surface area contributed by atoms with Gasteiger partial charge in [0, 0.05) is 12.5 Å². The first kappa shape index (κ1) is 16.2. The molecule has 1 heterocycles. The minimum absolute atomic E-state index is 0.00631. The van der Waals surface area contributed by atoms with Crippen molar-refractivity contribution in [1.29, 1.82) is 0 Å². The second kappa shape index (κ2) is 6.27. The van der Waals surface area contributed by atoms with Crippen molar-refractivity contribution in [2.45, 2.75) is 19.5 Å². The van der Waals surface area contributed by atoms with Crippen LogP contribution in [0.4, 0.5) is 13.2 Å². The van der Waals surface area contributed by atoms with Gasteiger partial charge in [-0.3, -0.25) is 4.89 Å². The number of aromatic nitrogens is 2. The summed E-state index contributed by atoms with van der Waals surface area (Å²) in [6.07, 6.45) is -4.67. The lowest BCUT2D eigenvalue weighted by molar-refractivity contribution is -0.215. The molecule has 0 atom stereocenters. The summed E-state index contributed by atoms with van der Waals surface area (Å²) in [6, 6.07) is 6.72. The van der Waals surface area contributed by atoms with Crippen LogP contribution in [0.3, 0.4) is 0 Å². The molecule has 0 aliphatic carbocycles. The normalized spacial score (nSPS) is 11.3. The van der Waals surface area contributed by atoms with E-state index in [-0.39, 0.29) is 17.1 Å². The van der Waals surface area contributed by atoms with Crippen LogP contribution in [0.25, 0.3) is 5.69 Å². The van der Waals surface area contributed by atoms with Gasteiger partial charge < -0.3 is 0 Å². The maximum Gasteiger partial charge on any atom is 0.435 e. The molecule has 0 N–H and O–H groups in total. The Bertz CT molecular complexity index is 685. The van der Waals surface area contributed by atoms with Crippen LogP contribution in [-0.4, -0.2) is 15.7 Å². The van der Waals surface area contributed by atoms with Gasteiger partial charge in [0.1, 0.15) is 0 Å². The number of nitrogens with zero attached hydrogens (tertiary/aromatic N) is 2. The molecule has 2 aromatic rings. The van der Waals surface area contributed by atoms with Gasteiger partial charge in [0.05, 0.1) is 10.7 Å². The van der Waals surface area contributed by atoms with Crippen LogP contribution in [0.1, 0.15) is 19.0 Å². The molecule has 0 fully saturated rings. The third kappa shape index (κ3) is 3.51. The standard InChI is InChI=1S/C13H10ClF3N2O3/c1-2-12(20)22-21-11-7-10(13(15,16)17)18-19(11)9-6-4-3-5-8(9)14/h3-7H,2H2,1H3. The van der Waals surface area contributed by atoms with Crippen LogP contribution in [-0.2, 0) is 15.9 Å². The number of rotatable bonds is 4. The van der Waals surface area contributed by atoms with Crippen LogP contribution < -0.4 is 4.89 Å². The summed E-state index contributed by atoms with van der Waals surface area (Å²) in [6.45, 7) is 1.51. The number of benzene rings is 1. The summed E-state index contributed by atoms with van der Waals surface area (Å²) in [5.74, 6) is -1.15. The maximum atomic E-state index is 12.8. The van der Waals surface area contributed by atoms with Crippen molar-refractivity contribution in [1.82, 2.24) is 9.78 Å². The molecular formula is C13H10ClF3N2O3. The summed E-state index contributed by atoms with van der Waals surface area (Å²) in [7, 11) is 0. The van der Waals surface area contributed by atoms with E-state index in [1.165, 1.54) is 19.1 Å². The average molecular weight is 335 g/mol. The molecule has 1 aromatic heterocycles. The van der Waals surface area contributed by atoms with Gasteiger partial charge >= 0.3 is 12.1 Å². The number of carbonyl (C=O) groups excluding carboxylic acids is 1. The first-order chi connectivity index (χ1) is 10.3. The Labute approximate surface area is 128 Å². The van der Waals surface area contributed by atoms with Crippen molar-refractivity contribution < 1.29 is 27.7 Å². The van der Waals surface area contributed by atoms with E-state index in [1.54, 1.807) is 12.1 Å². The SMILES string of the molecule is CCC(=O)OOc1cc(C(F)(F)F)nn1-c1ccccc1Cl. The van der Waals surface area contributed by atoms with E-state index in [4.69, 9.17) is 11.6 Å². The second-order valence-corrected chi connectivity index (χ2v) is 4.53. The van der Waals surface area contributed by atoms with E-state index in [0.717, 1.165) is 4.68 Å². The summed E-state index contributed by atoms with van der Waals surface area (Å²) < 4.78 is 39.2. The molecule has 0 spiro atoms. The molecule has 0 amide bonds. The molecule has 1 aromatic carbocycles. The second-order valence-electron chi connectivity index (χ2n) is 4.12. The summed E-state index contributed by atoms with van der Waals surface area (Å²) in [4.78, 5) is 20.1. The van der Waals surface area contributed by atoms with E-state index in [0.29, 0.717) is 6.07 Å². The largest absolute Gasteiger partial charge is 0.435 e. The van der Waals surface area contributed by atoms with Gasteiger partial charge in [-0.05, 0) is 12.1 Å². The fourth-order valence-corrected chi connectivity index (χ4v) is 1.72. The minimum Gasteiger partial charge on any atom is -0.266 e. The van der Waals surface area contributed by atoms with Gasteiger partial charge in [-0.2, -0.15) is 23.0 Å². The van der Waals surface area contributed by atoms with Crippen molar-refractivity contribution in [3.8, 4) is 11.6 Å². The minimum atomic E-state index is -4.68. The number of para-hydroxylation sites is 1. The molecule has 22 heavy (non-hydrogen) atoms. The molecule has 5 nitrogen and oxygen atoms in total. The fourth-order valence-electron chi connectivity index (χ4n) is 1.51. The van der Waals surface area contributed by atoms with Crippen LogP contribution in [0.15, 0.2) is 30.3 Å². The van der Waals surface area contributed by atoms with Crippen LogP contribution in [0, 0.1) is 0 Å². The monoisotopic (exact) mass is 334 g/mol. The van der Waals surface area contributed by atoms with E-state index in [9.17, 15) is 18.0 Å². The number of hydrogen-bond acceptors (Lipinski definition) is 4. The highest BCUT2D eigenvalue weighted by molar-refractivity contribution is 6.32. The molecule has 118 valence electrons. The van der Waals surface area contributed by atoms with E-state index >= 15 is 0 Å². The average Bonchev–Trinajstić information content (AvgIpc) is 2.89. The number of halogens is 4. The Morgan fingerprint density at radius 1 is 1.36 bits per heavy atom. The molecule has 9 heteroatoms. The van der Waals surface area contributed by atoms with Crippen molar-refractivity contribution in [3.05, 3.63) is 41.0 Å². The van der Waals surface area contributed by atoms with E-state index in [2.05, 4.69) is 14.9 Å². The highest BCUT2D eigenvalue weighted by atomic mass is 35.5. The third-order valence-electron chi connectivity index (χ3n) is 2.56. The van der Waals surface area contributed by atoms with Crippen molar-refractivity contribution in [2.75, 3.05) is 0 Å². The Kier molecular flexibility index (Phi) is 4.60. The van der Waals surface area contributed by atoms with Crippen molar-refractivity contribution in [3.63, 3.8) is 0 Å². The predicted octanol–water partition coefficient (Wildman–Crippen LogP) is 3.79. The van der Waals surface area contributed by atoms with Gasteiger partial charge in [-0.25, -0.2) is 9.68 Å². The Hall–Kier alpha value is -2.22. The zero-order valence-corrected chi connectivity index (χ0v) is 12.0. The maximum absolute atomic E-state index is 12.8. The number of hydrogen-bond donors (Lipinski definition) is 0. The molecule has 0 aliphatic heterocycles. The quantitative estimate of drug-likeness (QED) is 0.630. The third-order valence-corrected chi connectivity index (χ3v) is 2.88. The predicted molar refractivity (Wildman–Crippen MR) is 70.6 cm³/mol. The van der Waals surface area contributed by atoms with Crippen molar-refractivity contribution >= 4 is 17.6 Å². The first-order valence-electron chi connectivity index (χ1n) is 6.12. The lowest BCUT2D eigenvalue weighted by Gasteiger charge is -2.08. The fraction of sp³-hybridized carbons (Fsp3) is 0.231. The van der Waals surface area contributed by atoms with Crippen molar-refractivity contribution in [2.24, 2.45) is 0 Å². The lowest BCUT2D eigenvalue weighted by Crippen LogP contribution is -2.10. The zero-order chi connectivity index (χ0) is 16.3. The van der Waals surface area contributed by atoms with E-state index < -0.39 is 23.7 Å². The molecule has 0 unspecified atom stereocenters. The molecule has 0 saturated heterocycles. The Balaban J connectivity index is 2.44. The van der Waals surface area contributed by atoms with Crippen LogP contribution >= 0.6 is 11.6 Å². The summed E-state index contributed by atoms with van der Waals surface area (Å²) in [5, 5.41) is 3.57. The number of carbonyl (C=O) groups is 1. The Morgan fingerprint density at radius 3 is 2.64 bits per heavy atom. The van der Waals surface area contributed by atoms with Crippen LogP contribution in [0.5, 0.6) is 5.88 Å². The van der Waals surface area contributed by atoms with Gasteiger partial charge in [0.25, 0.3) is 5.88 Å². The Morgan fingerprint density at radius 2 is 2.05 bits per heavy atom. The molecular weight excluding hydrogens is 325 g/mol. The summed E-state index contributed by atoms with van der Waals surface area (Å²) in [5.41, 5.74) is -1.04. The topological polar surface area (TPSA) is 53.4 Å². The van der Waals surface area contributed by atoms with Gasteiger partial charge in [0.15, 0.2) is 5.69 Å². The van der Waals surface area contributed by atoms with Gasteiger partial charge in [-0.15, -0.1) is 0 Å².